The van der Waals surface area contributed by atoms with Gasteiger partial charge in [0.25, 0.3) is 0 Å². The minimum atomic E-state index is -1.61. The normalized spacial score (nSPS) is 17.8. The fraction of sp³-hybridized carbons (Fsp3) is 0.579. The molecule has 0 atom stereocenters. The van der Waals surface area contributed by atoms with Gasteiger partial charge >= 0.3 is 133 Å². The van der Waals surface area contributed by atoms with Crippen molar-refractivity contribution in [3.63, 3.8) is 0 Å². The topological polar surface area (TPSA) is 9.23 Å². The fourth-order valence-electron chi connectivity index (χ4n) is 3.22. The molecule has 2 heteroatoms. The maximum absolute atomic E-state index is 5.29. The van der Waals surface area contributed by atoms with Gasteiger partial charge in [0.2, 0.25) is 0 Å². The zero-order valence-electron chi connectivity index (χ0n) is 14.1. The number of hydrogen-bond acceptors (Lipinski definition) is 1. The first-order chi connectivity index (χ1) is 9.98. The van der Waals surface area contributed by atoms with Crippen LogP contribution in [0.2, 0.25) is 22.5 Å². The Labute approximate surface area is 133 Å². The average molecular weight is 347 g/mol. The second kappa shape index (κ2) is 7.53. The third-order valence-corrected chi connectivity index (χ3v) is 7.29. The Kier molecular flexibility index (Phi) is 5.98. The van der Waals surface area contributed by atoms with Crippen LogP contribution < -0.4 is 4.74 Å². The molecule has 1 saturated carbocycles. The fourth-order valence-corrected chi connectivity index (χ4v) is 6.29. The SMILES string of the molecule is COc1ccc(/C(=C/C2CCCCC2)[CH2][Ge]([CH3])([CH3])[CH3])cc1. The Bertz CT molecular complexity index is 461. The van der Waals surface area contributed by atoms with Crippen molar-refractivity contribution in [1.29, 1.82) is 0 Å². The number of benzene rings is 1. The first-order valence-electron chi connectivity index (χ1n) is 8.33. The molecule has 0 N–H and O–H groups in total. The van der Waals surface area contributed by atoms with E-state index in [0.717, 1.165) is 11.7 Å². The van der Waals surface area contributed by atoms with E-state index in [2.05, 4.69) is 47.6 Å². The molecule has 1 aromatic carbocycles. The van der Waals surface area contributed by atoms with Crippen LogP contribution in [0.5, 0.6) is 5.75 Å². The molecule has 116 valence electrons. The van der Waals surface area contributed by atoms with Crippen LogP contribution in [0.1, 0.15) is 37.7 Å². The second-order valence-electron chi connectivity index (χ2n) is 7.56. The van der Waals surface area contributed by atoms with E-state index in [1.54, 1.807) is 12.7 Å². The van der Waals surface area contributed by atoms with Gasteiger partial charge in [0.05, 0.1) is 0 Å². The summed E-state index contributed by atoms with van der Waals surface area (Å²) >= 11 is -1.61. The van der Waals surface area contributed by atoms with Crippen molar-refractivity contribution in [3.05, 3.63) is 35.9 Å². The summed E-state index contributed by atoms with van der Waals surface area (Å²) in [5.74, 6) is 9.29. The molecule has 0 aromatic heterocycles. The first kappa shape index (κ1) is 16.7. The standard InChI is InChI=1S/C19H30GeO/c1-20(2,3)15-18(14-16-8-6-5-7-9-16)17-10-12-19(21-4)13-11-17/h10-14,16H,5-9,15H2,1-4H3/b18-14+. The van der Waals surface area contributed by atoms with Gasteiger partial charge in [0, 0.05) is 0 Å². The number of methoxy groups -OCH3 is 1. The van der Waals surface area contributed by atoms with Crippen LogP contribution in [0.4, 0.5) is 0 Å². The molecule has 0 radical (unpaired) electrons. The van der Waals surface area contributed by atoms with Crippen LogP contribution >= 0.6 is 0 Å². The van der Waals surface area contributed by atoms with E-state index < -0.39 is 13.3 Å². The average Bonchev–Trinajstić information content (AvgIpc) is 2.46. The molecular formula is C19H30GeO. The van der Waals surface area contributed by atoms with E-state index in [1.165, 1.54) is 42.9 Å². The van der Waals surface area contributed by atoms with Gasteiger partial charge in [-0.25, -0.2) is 0 Å². The number of allylic oxidation sites excluding steroid dienone is 2. The number of hydrogen-bond donors (Lipinski definition) is 0. The van der Waals surface area contributed by atoms with Gasteiger partial charge in [-0.2, -0.15) is 0 Å². The molecular weight excluding hydrogens is 317 g/mol. The molecule has 1 nitrogen and oxygen atoms in total. The maximum atomic E-state index is 5.29. The van der Waals surface area contributed by atoms with Gasteiger partial charge in [-0.15, -0.1) is 0 Å². The van der Waals surface area contributed by atoms with Crippen LogP contribution in [-0.4, -0.2) is 20.4 Å². The summed E-state index contributed by atoms with van der Waals surface area (Å²) in [6, 6.07) is 8.67. The molecule has 1 aromatic rings. The van der Waals surface area contributed by atoms with Gasteiger partial charge in [0.15, 0.2) is 0 Å². The van der Waals surface area contributed by atoms with E-state index in [1.807, 2.05) is 0 Å². The molecule has 0 unspecified atom stereocenters. The molecule has 0 saturated heterocycles. The Hall–Kier alpha value is -0.697. The summed E-state index contributed by atoms with van der Waals surface area (Å²) in [6.45, 7) is 0. The zero-order valence-corrected chi connectivity index (χ0v) is 16.2. The molecule has 0 amide bonds. The summed E-state index contributed by atoms with van der Waals surface area (Å²) < 4.78 is 5.29. The molecule has 0 bridgehead atoms. The summed E-state index contributed by atoms with van der Waals surface area (Å²) in [7, 11) is 1.73. The third-order valence-electron chi connectivity index (χ3n) is 4.27. The molecule has 1 fully saturated rings. The van der Waals surface area contributed by atoms with Crippen LogP contribution in [0.25, 0.3) is 5.57 Å². The Morgan fingerprint density at radius 3 is 2.24 bits per heavy atom. The first-order valence-corrected chi connectivity index (χ1v) is 16.1. The van der Waals surface area contributed by atoms with E-state index in [0.29, 0.717) is 0 Å². The predicted molar refractivity (Wildman–Crippen MR) is 95.7 cm³/mol. The third kappa shape index (κ3) is 5.54. The summed E-state index contributed by atoms with van der Waals surface area (Å²) in [6.07, 6.45) is 9.63. The van der Waals surface area contributed by atoms with Crippen molar-refractivity contribution >= 4 is 18.8 Å². The van der Waals surface area contributed by atoms with Crippen LogP contribution in [-0.2, 0) is 0 Å². The predicted octanol–water partition coefficient (Wildman–Crippen LogP) is 6.00. The summed E-state index contributed by atoms with van der Waals surface area (Å²) in [5, 5.41) is 1.32. The van der Waals surface area contributed by atoms with E-state index in [-0.39, 0.29) is 0 Å². The molecule has 1 aliphatic rings. The quantitative estimate of drug-likeness (QED) is 0.594. The van der Waals surface area contributed by atoms with E-state index >= 15 is 0 Å². The second-order valence-corrected chi connectivity index (χ2v) is 19.0. The molecule has 1 aliphatic carbocycles. The van der Waals surface area contributed by atoms with Gasteiger partial charge in [-0.3, -0.25) is 0 Å². The van der Waals surface area contributed by atoms with Crippen molar-refractivity contribution in [2.24, 2.45) is 5.92 Å². The van der Waals surface area contributed by atoms with Crippen molar-refractivity contribution in [3.8, 4) is 5.75 Å². The summed E-state index contributed by atoms with van der Waals surface area (Å²) in [5.41, 5.74) is 3.00. The Balaban J connectivity index is 2.23. The zero-order chi connectivity index (χ0) is 15.3. The Morgan fingerprint density at radius 2 is 1.71 bits per heavy atom. The van der Waals surface area contributed by atoms with Gasteiger partial charge in [0.1, 0.15) is 0 Å². The van der Waals surface area contributed by atoms with Crippen molar-refractivity contribution < 1.29 is 4.74 Å². The van der Waals surface area contributed by atoms with Crippen LogP contribution in [0, 0.1) is 5.92 Å². The van der Waals surface area contributed by atoms with Crippen molar-refractivity contribution in [2.45, 2.75) is 54.6 Å². The van der Waals surface area contributed by atoms with E-state index in [9.17, 15) is 0 Å². The summed E-state index contributed by atoms with van der Waals surface area (Å²) in [4.78, 5) is 0. The van der Waals surface area contributed by atoms with Gasteiger partial charge in [-0.05, 0) is 0 Å². The van der Waals surface area contributed by atoms with Crippen molar-refractivity contribution in [2.75, 3.05) is 7.11 Å². The number of rotatable bonds is 5. The van der Waals surface area contributed by atoms with Crippen LogP contribution in [0.15, 0.2) is 30.3 Å². The minimum absolute atomic E-state index is 0.806. The molecule has 0 aliphatic heterocycles. The molecule has 0 spiro atoms. The van der Waals surface area contributed by atoms with E-state index in [4.69, 9.17) is 4.74 Å². The Morgan fingerprint density at radius 1 is 1.10 bits per heavy atom. The van der Waals surface area contributed by atoms with Crippen LogP contribution in [0.3, 0.4) is 0 Å². The molecule has 0 heterocycles. The molecule has 2 rings (SSSR count). The van der Waals surface area contributed by atoms with Gasteiger partial charge in [-0.1, -0.05) is 0 Å². The van der Waals surface area contributed by atoms with Gasteiger partial charge < -0.3 is 0 Å². The number of ether oxygens (including phenoxy) is 1. The van der Waals surface area contributed by atoms with Crippen molar-refractivity contribution in [1.82, 2.24) is 0 Å². The monoisotopic (exact) mass is 348 g/mol. The molecule has 21 heavy (non-hydrogen) atoms.